The normalized spacial score (nSPS) is 14.1. The van der Waals surface area contributed by atoms with E-state index in [1.54, 1.807) is 0 Å². The lowest BCUT2D eigenvalue weighted by molar-refractivity contribution is 0.0834. The van der Waals surface area contributed by atoms with Crippen molar-refractivity contribution in [3.05, 3.63) is 6.54 Å². The van der Waals surface area contributed by atoms with Crippen molar-refractivity contribution in [1.29, 1.82) is 0 Å². The van der Waals surface area contributed by atoms with Gasteiger partial charge in [-0.1, -0.05) is 0 Å². The standard InChI is InChI=1S/C4H10NO2/c1-7-3-4(6)2-5/h2,4,6H,3,5H2,1H3. The van der Waals surface area contributed by atoms with E-state index in [0.717, 1.165) is 0 Å². The first kappa shape index (κ1) is 6.88. The van der Waals surface area contributed by atoms with Gasteiger partial charge in [-0.3, -0.25) is 0 Å². The van der Waals surface area contributed by atoms with E-state index < -0.39 is 6.10 Å². The highest BCUT2D eigenvalue weighted by atomic mass is 16.5. The summed E-state index contributed by atoms with van der Waals surface area (Å²) in [7, 11) is 1.51. The number of ether oxygens (including phenoxy) is 1. The fourth-order valence-corrected chi connectivity index (χ4v) is 0.226. The minimum atomic E-state index is -0.620. The summed E-state index contributed by atoms with van der Waals surface area (Å²) >= 11 is 0. The predicted molar refractivity (Wildman–Crippen MR) is 26.4 cm³/mol. The molecule has 3 nitrogen and oxygen atoms in total. The van der Waals surface area contributed by atoms with Crippen molar-refractivity contribution in [3.63, 3.8) is 0 Å². The van der Waals surface area contributed by atoms with Crippen LogP contribution in [0.4, 0.5) is 0 Å². The molecule has 0 fully saturated rings. The molecule has 0 aliphatic carbocycles. The van der Waals surface area contributed by atoms with Gasteiger partial charge in [0.15, 0.2) is 0 Å². The first-order valence-electron chi connectivity index (χ1n) is 2.03. The van der Waals surface area contributed by atoms with Crippen LogP contribution in [0, 0.1) is 6.54 Å². The third kappa shape index (κ3) is 3.72. The van der Waals surface area contributed by atoms with Gasteiger partial charge in [-0.05, 0) is 0 Å². The molecule has 7 heavy (non-hydrogen) atoms. The second-order valence-electron chi connectivity index (χ2n) is 1.22. The quantitative estimate of drug-likeness (QED) is 0.488. The lowest BCUT2D eigenvalue weighted by Gasteiger charge is -2.02. The maximum Gasteiger partial charge on any atom is 0.0940 e. The first-order valence-corrected chi connectivity index (χ1v) is 2.03. The maximum absolute atomic E-state index is 8.55. The number of hydrogen-bond acceptors (Lipinski definition) is 3. The number of hydrogen-bond donors (Lipinski definition) is 2. The fourth-order valence-electron chi connectivity index (χ4n) is 0.226. The number of aliphatic hydroxyl groups is 1. The van der Waals surface area contributed by atoms with E-state index in [0.29, 0.717) is 0 Å². The van der Waals surface area contributed by atoms with Gasteiger partial charge in [-0.25, -0.2) is 0 Å². The molecule has 43 valence electrons. The molecule has 3 N–H and O–H groups in total. The highest BCUT2D eigenvalue weighted by Crippen LogP contribution is 1.80. The average molecular weight is 104 g/mol. The SMILES string of the molecule is COCC(O)[CH]N. The second-order valence-corrected chi connectivity index (χ2v) is 1.22. The molecule has 0 rings (SSSR count). The molecule has 0 aliphatic rings. The summed E-state index contributed by atoms with van der Waals surface area (Å²) in [6.07, 6.45) is -0.620. The number of nitrogens with two attached hydrogens (primary N) is 1. The predicted octanol–water partition coefficient (Wildman–Crippen LogP) is -0.886. The van der Waals surface area contributed by atoms with Crippen LogP contribution in [0.1, 0.15) is 0 Å². The van der Waals surface area contributed by atoms with Crippen LogP contribution < -0.4 is 5.73 Å². The van der Waals surface area contributed by atoms with Gasteiger partial charge in [-0.2, -0.15) is 0 Å². The van der Waals surface area contributed by atoms with Gasteiger partial charge in [0, 0.05) is 7.11 Å². The van der Waals surface area contributed by atoms with Crippen LogP contribution in [0.5, 0.6) is 0 Å². The molecule has 3 heteroatoms. The Bertz CT molecular complexity index is 40.7. The summed E-state index contributed by atoms with van der Waals surface area (Å²) in [6.45, 7) is 1.46. The largest absolute Gasteiger partial charge is 0.389 e. The Labute approximate surface area is 43.1 Å². The number of methoxy groups -OCH3 is 1. The summed E-state index contributed by atoms with van der Waals surface area (Å²) in [5.41, 5.74) is 4.90. The molecular weight excluding hydrogens is 94.0 g/mol. The van der Waals surface area contributed by atoms with Crippen LogP contribution in [0.3, 0.4) is 0 Å². The first-order chi connectivity index (χ1) is 3.31. The molecule has 1 radical (unpaired) electrons. The van der Waals surface area contributed by atoms with E-state index in [4.69, 9.17) is 10.8 Å². The molecule has 0 aromatic carbocycles. The van der Waals surface area contributed by atoms with Crippen LogP contribution in [-0.2, 0) is 4.74 Å². The summed E-state index contributed by atoms with van der Waals surface area (Å²) in [6, 6.07) is 0. The molecule has 0 aliphatic heterocycles. The van der Waals surface area contributed by atoms with E-state index >= 15 is 0 Å². The van der Waals surface area contributed by atoms with Gasteiger partial charge in [-0.15, -0.1) is 0 Å². The third-order valence-corrected chi connectivity index (χ3v) is 0.560. The minimum absolute atomic E-state index is 0.274. The number of aliphatic hydroxyl groups excluding tert-OH is 1. The highest BCUT2D eigenvalue weighted by Gasteiger charge is 1.96. The molecule has 0 saturated carbocycles. The third-order valence-electron chi connectivity index (χ3n) is 0.560. The lowest BCUT2D eigenvalue weighted by Crippen LogP contribution is -2.18. The Balaban J connectivity index is 2.83. The van der Waals surface area contributed by atoms with Gasteiger partial charge in [0.1, 0.15) is 0 Å². The molecule has 0 spiro atoms. The van der Waals surface area contributed by atoms with Crippen molar-refractivity contribution in [2.24, 2.45) is 5.73 Å². The molecule has 0 heterocycles. The van der Waals surface area contributed by atoms with Crippen molar-refractivity contribution < 1.29 is 9.84 Å². The summed E-state index contributed by atoms with van der Waals surface area (Å²) in [5.74, 6) is 0. The Kier molecular flexibility index (Phi) is 3.98. The molecule has 1 atom stereocenters. The van der Waals surface area contributed by atoms with Gasteiger partial charge in [0.05, 0.1) is 19.3 Å². The molecule has 0 saturated heterocycles. The molecule has 0 aromatic rings. The van der Waals surface area contributed by atoms with E-state index in [1.165, 1.54) is 13.7 Å². The monoisotopic (exact) mass is 104 g/mol. The van der Waals surface area contributed by atoms with Crippen molar-refractivity contribution in [2.45, 2.75) is 6.10 Å². The van der Waals surface area contributed by atoms with Gasteiger partial charge < -0.3 is 15.6 Å². The van der Waals surface area contributed by atoms with Crippen LogP contribution >= 0.6 is 0 Å². The molecule has 0 amide bonds. The van der Waals surface area contributed by atoms with Gasteiger partial charge >= 0.3 is 0 Å². The summed E-state index contributed by atoms with van der Waals surface area (Å²) < 4.78 is 4.53. The lowest BCUT2D eigenvalue weighted by atomic mass is 10.4. The topological polar surface area (TPSA) is 55.5 Å². The van der Waals surface area contributed by atoms with Crippen molar-refractivity contribution in [2.75, 3.05) is 13.7 Å². The van der Waals surface area contributed by atoms with E-state index in [-0.39, 0.29) is 6.61 Å². The molecule has 1 unspecified atom stereocenters. The van der Waals surface area contributed by atoms with Crippen LogP contribution in [0.25, 0.3) is 0 Å². The Morgan fingerprint density at radius 1 is 2.00 bits per heavy atom. The van der Waals surface area contributed by atoms with Gasteiger partial charge in [0.2, 0.25) is 0 Å². The molecular formula is C4H10NO2. The maximum atomic E-state index is 8.55. The van der Waals surface area contributed by atoms with Crippen LogP contribution in [-0.4, -0.2) is 24.9 Å². The zero-order chi connectivity index (χ0) is 5.70. The van der Waals surface area contributed by atoms with Crippen LogP contribution in [0.15, 0.2) is 0 Å². The Hall–Kier alpha value is -0.120. The zero-order valence-corrected chi connectivity index (χ0v) is 4.29. The highest BCUT2D eigenvalue weighted by molar-refractivity contribution is 4.65. The molecule has 0 bridgehead atoms. The van der Waals surface area contributed by atoms with E-state index in [9.17, 15) is 0 Å². The van der Waals surface area contributed by atoms with Crippen molar-refractivity contribution in [3.8, 4) is 0 Å². The fraction of sp³-hybridized carbons (Fsp3) is 0.750. The Morgan fingerprint density at radius 3 is 2.71 bits per heavy atom. The van der Waals surface area contributed by atoms with Crippen molar-refractivity contribution in [1.82, 2.24) is 0 Å². The number of rotatable bonds is 3. The smallest absolute Gasteiger partial charge is 0.0940 e. The van der Waals surface area contributed by atoms with Crippen LogP contribution in [0.2, 0.25) is 0 Å². The minimum Gasteiger partial charge on any atom is -0.389 e. The Morgan fingerprint density at radius 2 is 2.57 bits per heavy atom. The van der Waals surface area contributed by atoms with Crippen molar-refractivity contribution >= 4 is 0 Å². The second kappa shape index (κ2) is 4.05. The average Bonchev–Trinajstić information content (AvgIpc) is 1.68. The van der Waals surface area contributed by atoms with Gasteiger partial charge in [0.25, 0.3) is 0 Å². The summed E-state index contributed by atoms with van der Waals surface area (Å²) in [4.78, 5) is 0. The molecule has 0 aromatic heterocycles. The summed E-state index contributed by atoms with van der Waals surface area (Å²) in [5, 5.41) is 8.55. The zero-order valence-electron chi connectivity index (χ0n) is 4.29. The van der Waals surface area contributed by atoms with E-state index in [1.807, 2.05) is 0 Å². The van der Waals surface area contributed by atoms with E-state index in [2.05, 4.69) is 4.74 Å².